The van der Waals surface area contributed by atoms with Crippen molar-refractivity contribution < 1.29 is 4.74 Å². The Morgan fingerprint density at radius 3 is 2.71 bits per heavy atom. The molecule has 1 fully saturated rings. The largest absolute Gasteiger partial charge is 0.375 e. The van der Waals surface area contributed by atoms with Gasteiger partial charge in [0.25, 0.3) is 0 Å². The van der Waals surface area contributed by atoms with Crippen molar-refractivity contribution in [2.75, 3.05) is 20.2 Å². The number of hydrogen-bond donors (Lipinski definition) is 1. The van der Waals surface area contributed by atoms with Crippen LogP contribution in [0.2, 0.25) is 5.02 Å². The first-order chi connectivity index (χ1) is 9.80. The molecular weight excluding hydrogens is 284 g/mol. The van der Waals surface area contributed by atoms with Crippen LogP contribution in [0.4, 0.5) is 0 Å². The second kappa shape index (κ2) is 6.25. The molecule has 0 bridgehead atoms. The topological polar surface area (TPSA) is 38.5 Å². The maximum atomic E-state index is 6.18. The summed E-state index contributed by atoms with van der Waals surface area (Å²) >= 11 is 6.13. The molecule has 1 aromatic rings. The van der Waals surface area contributed by atoms with Gasteiger partial charge in [0.1, 0.15) is 0 Å². The van der Waals surface area contributed by atoms with Gasteiger partial charge in [0.2, 0.25) is 0 Å². The number of hydrogen-bond acceptors (Lipinski definition) is 3. The predicted octanol–water partition coefficient (Wildman–Crippen LogP) is 3.62. The van der Waals surface area contributed by atoms with E-state index in [0.717, 1.165) is 24.5 Å². The van der Waals surface area contributed by atoms with Crippen LogP contribution in [0.25, 0.3) is 0 Å². The minimum atomic E-state index is -0.125. The first kappa shape index (κ1) is 16.8. The first-order valence-electron chi connectivity index (χ1n) is 7.62. The van der Waals surface area contributed by atoms with E-state index in [-0.39, 0.29) is 17.2 Å². The molecule has 2 rings (SSSR count). The van der Waals surface area contributed by atoms with Crippen LogP contribution in [0.15, 0.2) is 24.3 Å². The number of halogens is 1. The molecule has 1 aliphatic heterocycles. The Morgan fingerprint density at radius 2 is 2.14 bits per heavy atom. The summed E-state index contributed by atoms with van der Waals surface area (Å²) in [6.45, 7) is 7.91. The molecule has 1 heterocycles. The fraction of sp³-hybridized carbons (Fsp3) is 0.647. The molecule has 0 spiro atoms. The zero-order chi connectivity index (χ0) is 15.7. The van der Waals surface area contributed by atoms with Gasteiger partial charge in [-0.05, 0) is 58.4 Å². The third kappa shape index (κ3) is 3.59. The Hall–Kier alpha value is -0.610. The molecule has 0 radical (unpaired) electrons. The van der Waals surface area contributed by atoms with Gasteiger partial charge in [-0.15, -0.1) is 0 Å². The van der Waals surface area contributed by atoms with Crippen molar-refractivity contribution >= 4 is 11.6 Å². The third-order valence-electron chi connectivity index (χ3n) is 4.86. The van der Waals surface area contributed by atoms with Crippen LogP contribution >= 0.6 is 11.6 Å². The fourth-order valence-electron chi connectivity index (χ4n) is 3.47. The number of ether oxygens (including phenoxy) is 1. The molecular formula is C17H27ClN2O. The van der Waals surface area contributed by atoms with Crippen molar-refractivity contribution in [1.82, 2.24) is 4.90 Å². The minimum absolute atomic E-state index is 0.0243. The molecule has 118 valence electrons. The molecule has 21 heavy (non-hydrogen) atoms. The summed E-state index contributed by atoms with van der Waals surface area (Å²) in [6, 6.07) is 8.35. The van der Waals surface area contributed by atoms with Crippen LogP contribution in [-0.2, 0) is 4.74 Å². The summed E-state index contributed by atoms with van der Waals surface area (Å²) in [4.78, 5) is 2.41. The molecule has 1 aromatic carbocycles. The summed E-state index contributed by atoms with van der Waals surface area (Å²) < 4.78 is 5.87. The van der Waals surface area contributed by atoms with Crippen molar-refractivity contribution in [3.63, 3.8) is 0 Å². The van der Waals surface area contributed by atoms with Crippen molar-refractivity contribution in [3.05, 3.63) is 34.9 Å². The Kier molecular flexibility index (Phi) is 4.99. The highest BCUT2D eigenvalue weighted by Crippen LogP contribution is 2.39. The van der Waals surface area contributed by atoms with E-state index in [0.29, 0.717) is 6.54 Å². The van der Waals surface area contributed by atoms with Gasteiger partial charge in [0, 0.05) is 29.8 Å². The number of likely N-dealkylation sites (N-methyl/N-ethyl adjacent to an activating group) is 1. The second-order valence-corrected chi connectivity index (χ2v) is 7.24. The van der Waals surface area contributed by atoms with Crippen LogP contribution < -0.4 is 5.73 Å². The van der Waals surface area contributed by atoms with Gasteiger partial charge in [-0.2, -0.15) is 0 Å². The lowest BCUT2D eigenvalue weighted by Gasteiger charge is -2.51. The van der Waals surface area contributed by atoms with Crippen LogP contribution in [0, 0.1) is 0 Å². The van der Waals surface area contributed by atoms with E-state index in [9.17, 15) is 0 Å². The van der Waals surface area contributed by atoms with Crippen LogP contribution in [0.3, 0.4) is 0 Å². The number of nitrogens with zero attached hydrogens (tertiary/aromatic N) is 1. The fourth-order valence-corrected chi connectivity index (χ4v) is 3.67. The Morgan fingerprint density at radius 1 is 1.43 bits per heavy atom. The molecule has 0 saturated carbocycles. The van der Waals surface area contributed by atoms with Gasteiger partial charge in [0.15, 0.2) is 0 Å². The normalized spacial score (nSPS) is 26.8. The van der Waals surface area contributed by atoms with E-state index in [1.165, 1.54) is 5.56 Å². The summed E-state index contributed by atoms with van der Waals surface area (Å²) in [5.74, 6) is 0. The summed E-state index contributed by atoms with van der Waals surface area (Å²) in [5, 5.41) is 0.779. The Labute approximate surface area is 133 Å². The monoisotopic (exact) mass is 310 g/mol. The maximum Gasteiger partial charge on any atom is 0.0644 e. The quantitative estimate of drug-likeness (QED) is 0.923. The van der Waals surface area contributed by atoms with E-state index in [4.69, 9.17) is 22.1 Å². The van der Waals surface area contributed by atoms with Crippen molar-refractivity contribution in [1.29, 1.82) is 0 Å². The van der Waals surface area contributed by atoms with Crippen LogP contribution in [0.5, 0.6) is 0 Å². The predicted molar refractivity (Wildman–Crippen MR) is 88.7 cm³/mol. The lowest BCUT2D eigenvalue weighted by Crippen LogP contribution is -2.59. The van der Waals surface area contributed by atoms with Gasteiger partial charge in [0.05, 0.1) is 5.60 Å². The third-order valence-corrected chi connectivity index (χ3v) is 5.09. The van der Waals surface area contributed by atoms with E-state index < -0.39 is 0 Å². The Balaban J connectivity index is 2.25. The highest BCUT2D eigenvalue weighted by molar-refractivity contribution is 6.30. The standard InChI is InChI=1S/C17H27ClN2O/c1-13(14-6-5-7-15(18)10-14)20(4)17(12-19)8-9-21-16(2,3)11-17/h5-7,10,13H,8-9,11-12,19H2,1-4H3. The highest BCUT2D eigenvalue weighted by Gasteiger charge is 2.44. The van der Waals surface area contributed by atoms with E-state index in [2.05, 4.69) is 38.8 Å². The lowest BCUT2D eigenvalue weighted by atomic mass is 9.79. The number of rotatable bonds is 4. The molecule has 2 unspecified atom stereocenters. The zero-order valence-electron chi connectivity index (χ0n) is 13.5. The smallest absolute Gasteiger partial charge is 0.0644 e. The molecule has 1 aliphatic rings. The minimum Gasteiger partial charge on any atom is -0.375 e. The molecule has 4 heteroatoms. The zero-order valence-corrected chi connectivity index (χ0v) is 14.3. The molecule has 2 N–H and O–H groups in total. The van der Waals surface area contributed by atoms with Crippen LogP contribution in [-0.4, -0.2) is 36.2 Å². The molecule has 0 aromatic heterocycles. The van der Waals surface area contributed by atoms with Gasteiger partial charge < -0.3 is 10.5 Å². The lowest BCUT2D eigenvalue weighted by molar-refractivity contribution is -0.120. The maximum absolute atomic E-state index is 6.18. The van der Waals surface area contributed by atoms with Gasteiger partial charge in [-0.3, -0.25) is 4.90 Å². The number of nitrogens with two attached hydrogens (primary N) is 1. The van der Waals surface area contributed by atoms with Crippen molar-refractivity contribution in [2.24, 2.45) is 5.73 Å². The molecule has 0 aliphatic carbocycles. The average Bonchev–Trinajstić information content (AvgIpc) is 2.44. The SMILES string of the molecule is CC(c1cccc(Cl)c1)N(C)C1(CN)CCOC(C)(C)C1. The van der Waals surface area contributed by atoms with E-state index in [1.807, 2.05) is 18.2 Å². The number of benzene rings is 1. The molecule has 3 nitrogen and oxygen atoms in total. The summed E-state index contributed by atoms with van der Waals surface area (Å²) in [5.41, 5.74) is 7.26. The first-order valence-corrected chi connectivity index (χ1v) is 8.00. The summed E-state index contributed by atoms with van der Waals surface area (Å²) in [7, 11) is 2.17. The molecule has 1 saturated heterocycles. The molecule has 0 amide bonds. The summed E-state index contributed by atoms with van der Waals surface area (Å²) in [6.07, 6.45) is 1.91. The van der Waals surface area contributed by atoms with Gasteiger partial charge in [-0.25, -0.2) is 0 Å². The van der Waals surface area contributed by atoms with Gasteiger partial charge >= 0.3 is 0 Å². The van der Waals surface area contributed by atoms with E-state index >= 15 is 0 Å². The van der Waals surface area contributed by atoms with Gasteiger partial charge in [-0.1, -0.05) is 23.7 Å². The average molecular weight is 311 g/mol. The van der Waals surface area contributed by atoms with Crippen molar-refractivity contribution in [2.45, 2.75) is 50.8 Å². The second-order valence-electron chi connectivity index (χ2n) is 6.81. The molecule has 2 atom stereocenters. The van der Waals surface area contributed by atoms with Crippen molar-refractivity contribution in [3.8, 4) is 0 Å². The van der Waals surface area contributed by atoms with E-state index in [1.54, 1.807) is 0 Å². The van der Waals surface area contributed by atoms with Crippen LogP contribution in [0.1, 0.15) is 45.2 Å². The highest BCUT2D eigenvalue weighted by atomic mass is 35.5. The Bertz CT molecular complexity index is 491.